The highest BCUT2D eigenvalue weighted by Crippen LogP contribution is 2.29. The molecular weight excluding hydrogens is 344 g/mol. The maximum Gasteiger partial charge on any atom is 0.113 e. The number of hydrogen-bond acceptors (Lipinski definition) is 3. The molecule has 2 unspecified atom stereocenters. The van der Waals surface area contributed by atoms with Crippen LogP contribution in [0.2, 0.25) is 5.02 Å². The zero-order valence-electron chi connectivity index (χ0n) is 14.9. The Morgan fingerprint density at radius 3 is 2.85 bits per heavy atom. The molecule has 0 saturated heterocycles. The van der Waals surface area contributed by atoms with Crippen molar-refractivity contribution in [2.24, 2.45) is 5.92 Å². The van der Waals surface area contributed by atoms with Crippen LogP contribution in [0.3, 0.4) is 0 Å². The highest BCUT2D eigenvalue weighted by Gasteiger charge is 2.23. The molecule has 1 N–H and O–H groups in total. The number of aromatic nitrogens is 3. The molecule has 3 aromatic rings. The van der Waals surface area contributed by atoms with Gasteiger partial charge in [-0.1, -0.05) is 60.5 Å². The largest absolute Gasteiger partial charge is 0.382 e. The van der Waals surface area contributed by atoms with E-state index in [1.807, 2.05) is 35.1 Å². The molecule has 1 aliphatic carbocycles. The van der Waals surface area contributed by atoms with Crippen LogP contribution in [-0.4, -0.2) is 21.0 Å². The lowest BCUT2D eigenvalue weighted by Gasteiger charge is -2.19. The van der Waals surface area contributed by atoms with Crippen LogP contribution < -0.4 is 5.32 Å². The summed E-state index contributed by atoms with van der Waals surface area (Å²) in [6, 6.07) is 16.8. The average molecular weight is 367 g/mol. The van der Waals surface area contributed by atoms with E-state index in [4.69, 9.17) is 11.6 Å². The summed E-state index contributed by atoms with van der Waals surface area (Å²) in [4.78, 5) is 0. The van der Waals surface area contributed by atoms with Crippen LogP contribution in [-0.2, 0) is 6.54 Å². The highest BCUT2D eigenvalue weighted by molar-refractivity contribution is 6.31. The first kappa shape index (κ1) is 17.1. The van der Waals surface area contributed by atoms with Crippen LogP contribution in [0.5, 0.6) is 0 Å². The quantitative estimate of drug-likeness (QED) is 0.670. The van der Waals surface area contributed by atoms with Crippen LogP contribution in [0, 0.1) is 5.92 Å². The molecule has 0 spiro atoms. The predicted octanol–water partition coefficient (Wildman–Crippen LogP) is 5.25. The van der Waals surface area contributed by atoms with E-state index in [1.54, 1.807) is 0 Å². The molecule has 1 aliphatic rings. The van der Waals surface area contributed by atoms with Crippen molar-refractivity contribution >= 4 is 17.3 Å². The average Bonchev–Trinajstić information content (AvgIpc) is 3.27. The van der Waals surface area contributed by atoms with E-state index in [1.165, 1.54) is 19.3 Å². The predicted molar refractivity (Wildman–Crippen MR) is 106 cm³/mol. The molecule has 4 nitrogen and oxygen atoms in total. The van der Waals surface area contributed by atoms with E-state index < -0.39 is 0 Å². The van der Waals surface area contributed by atoms with Gasteiger partial charge in [-0.25, -0.2) is 4.68 Å². The number of nitrogens with one attached hydrogen (secondary N) is 1. The van der Waals surface area contributed by atoms with Crippen molar-refractivity contribution in [2.45, 2.75) is 38.8 Å². The molecule has 1 saturated carbocycles. The summed E-state index contributed by atoms with van der Waals surface area (Å²) < 4.78 is 1.83. The Morgan fingerprint density at radius 1 is 1.15 bits per heavy atom. The lowest BCUT2D eigenvalue weighted by atomic mass is 10.1. The van der Waals surface area contributed by atoms with Gasteiger partial charge in [-0.05, 0) is 42.5 Å². The molecule has 2 aromatic carbocycles. The standard InChI is InChI=1S/C21H23ClN4/c1-15-6-4-11-20(15)23-18-9-5-8-16(12-18)21-14-26(25-24-21)13-17-7-2-3-10-19(17)22/h2-3,5,7-10,12,14-15,20,23H,4,6,11,13H2,1H3. The van der Waals surface area contributed by atoms with Gasteiger partial charge in [0, 0.05) is 22.3 Å². The molecule has 1 fully saturated rings. The van der Waals surface area contributed by atoms with E-state index >= 15 is 0 Å². The normalized spacial score (nSPS) is 19.6. The Hall–Kier alpha value is -2.33. The summed E-state index contributed by atoms with van der Waals surface area (Å²) in [7, 11) is 0. The fraction of sp³-hybridized carbons (Fsp3) is 0.333. The molecule has 0 aliphatic heterocycles. The molecule has 26 heavy (non-hydrogen) atoms. The Labute approximate surface area is 159 Å². The minimum Gasteiger partial charge on any atom is -0.382 e. The van der Waals surface area contributed by atoms with Crippen LogP contribution in [0.25, 0.3) is 11.3 Å². The minimum atomic E-state index is 0.571. The number of nitrogens with zero attached hydrogens (tertiary/aromatic N) is 3. The molecule has 2 atom stereocenters. The summed E-state index contributed by atoms with van der Waals surface area (Å²) in [6.45, 7) is 2.94. The van der Waals surface area contributed by atoms with Crippen molar-refractivity contribution < 1.29 is 0 Å². The van der Waals surface area contributed by atoms with E-state index in [-0.39, 0.29) is 0 Å². The van der Waals surface area contributed by atoms with Crippen LogP contribution in [0.15, 0.2) is 54.7 Å². The van der Waals surface area contributed by atoms with Gasteiger partial charge in [0.15, 0.2) is 0 Å². The summed E-state index contributed by atoms with van der Waals surface area (Å²) in [5.74, 6) is 0.732. The third-order valence-corrected chi connectivity index (χ3v) is 5.57. The molecule has 0 amide bonds. The number of hydrogen-bond donors (Lipinski definition) is 1. The molecule has 5 heteroatoms. The second-order valence-corrected chi connectivity index (χ2v) is 7.54. The Morgan fingerprint density at radius 2 is 2.04 bits per heavy atom. The third-order valence-electron chi connectivity index (χ3n) is 5.20. The first-order valence-electron chi connectivity index (χ1n) is 9.19. The Kier molecular flexibility index (Phi) is 4.93. The van der Waals surface area contributed by atoms with Crippen molar-refractivity contribution in [1.82, 2.24) is 15.0 Å². The number of halogens is 1. The topological polar surface area (TPSA) is 42.7 Å². The van der Waals surface area contributed by atoms with Gasteiger partial charge in [0.25, 0.3) is 0 Å². The molecule has 0 radical (unpaired) electrons. The van der Waals surface area contributed by atoms with Gasteiger partial charge in [0.1, 0.15) is 5.69 Å². The first-order chi connectivity index (χ1) is 12.7. The fourth-order valence-corrected chi connectivity index (χ4v) is 3.85. The zero-order valence-corrected chi connectivity index (χ0v) is 15.7. The summed E-state index contributed by atoms with van der Waals surface area (Å²) >= 11 is 6.24. The Balaban J connectivity index is 1.50. The first-order valence-corrected chi connectivity index (χ1v) is 9.57. The van der Waals surface area contributed by atoms with Crippen molar-refractivity contribution in [1.29, 1.82) is 0 Å². The van der Waals surface area contributed by atoms with Crippen molar-refractivity contribution in [3.8, 4) is 11.3 Å². The summed E-state index contributed by atoms with van der Waals surface area (Å²) in [6.07, 6.45) is 5.85. The van der Waals surface area contributed by atoms with E-state index in [0.717, 1.165) is 33.4 Å². The van der Waals surface area contributed by atoms with Crippen molar-refractivity contribution in [3.63, 3.8) is 0 Å². The van der Waals surface area contributed by atoms with Gasteiger partial charge < -0.3 is 5.32 Å². The van der Waals surface area contributed by atoms with Crippen molar-refractivity contribution in [3.05, 3.63) is 65.3 Å². The third kappa shape index (κ3) is 3.75. The highest BCUT2D eigenvalue weighted by atomic mass is 35.5. The van der Waals surface area contributed by atoms with E-state index in [2.05, 4.69) is 46.8 Å². The fourth-order valence-electron chi connectivity index (χ4n) is 3.65. The van der Waals surface area contributed by atoms with Crippen LogP contribution in [0.1, 0.15) is 31.7 Å². The van der Waals surface area contributed by atoms with Gasteiger partial charge in [0.05, 0.1) is 12.7 Å². The van der Waals surface area contributed by atoms with Gasteiger partial charge in [-0.3, -0.25) is 0 Å². The van der Waals surface area contributed by atoms with E-state index in [9.17, 15) is 0 Å². The van der Waals surface area contributed by atoms with E-state index in [0.29, 0.717) is 12.6 Å². The lowest BCUT2D eigenvalue weighted by Crippen LogP contribution is -2.21. The molecule has 4 rings (SSSR count). The smallest absolute Gasteiger partial charge is 0.113 e. The monoisotopic (exact) mass is 366 g/mol. The number of rotatable bonds is 5. The Bertz CT molecular complexity index is 889. The van der Waals surface area contributed by atoms with Crippen molar-refractivity contribution in [2.75, 3.05) is 5.32 Å². The van der Waals surface area contributed by atoms with Gasteiger partial charge >= 0.3 is 0 Å². The molecule has 0 bridgehead atoms. The van der Waals surface area contributed by atoms with Gasteiger partial charge in [-0.15, -0.1) is 5.10 Å². The van der Waals surface area contributed by atoms with Gasteiger partial charge in [0.2, 0.25) is 0 Å². The number of anilines is 1. The maximum absolute atomic E-state index is 6.24. The second kappa shape index (κ2) is 7.50. The molecule has 1 heterocycles. The summed E-state index contributed by atoms with van der Waals surface area (Å²) in [5.41, 5.74) is 4.14. The van der Waals surface area contributed by atoms with Crippen LogP contribution in [0.4, 0.5) is 5.69 Å². The minimum absolute atomic E-state index is 0.571. The SMILES string of the molecule is CC1CCCC1Nc1cccc(-c2cn(Cc3ccccc3Cl)nn2)c1. The molecule has 134 valence electrons. The molecule has 1 aromatic heterocycles. The maximum atomic E-state index is 6.24. The summed E-state index contributed by atoms with van der Waals surface area (Å²) in [5, 5.41) is 13.0. The molecular formula is C21H23ClN4. The zero-order chi connectivity index (χ0) is 17.9. The lowest BCUT2D eigenvalue weighted by molar-refractivity contribution is 0.556. The number of benzene rings is 2. The van der Waals surface area contributed by atoms with Crippen LogP contribution >= 0.6 is 11.6 Å². The van der Waals surface area contributed by atoms with Gasteiger partial charge in [-0.2, -0.15) is 0 Å². The second-order valence-electron chi connectivity index (χ2n) is 7.13.